The van der Waals surface area contributed by atoms with Crippen LogP contribution in [0.3, 0.4) is 0 Å². The Balaban J connectivity index is 1.98. The van der Waals surface area contributed by atoms with Crippen LogP contribution >= 0.6 is 0 Å². The maximum absolute atomic E-state index is 12.1. The van der Waals surface area contributed by atoms with Gasteiger partial charge in [0.25, 0.3) is 0 Å². The first kappa shape index (κ1) is 14.1. The average Bonchev–Trinajstić information content (AvgIpc) is 2.85. The molecule has 0 saturated heterocycles. The summed E-state index contributed by atoms with van der Waals surface area (Å²) in [5, 5.41) is 0. The van der Waals surface area contributed by atoms with Gasteiger partial charge in [-0.25, -0.2) is 0 Å². The van der Waals surface area contributed by atoms with E-state index in [1.54, 1.807) is 0 Å². The Kier molecular flexibility index (Phi) is 4.59. The van der Waals surface area contributed by atoms with Gasteiger partial charge in [0.15, 0.2) is 0 Å². The molecular formula is C16H24N2O. The van der Waals surface area contributed by atoms with Crippen LogP contribution in [-0.4, -0.2) is 24.4 Å². The topological polar surface area (TPSA) is 46.3 Å². The summed E-state index contributed by atoms with van der Waals surface area (Å²) in [6, 6.07) is 6.64. The van der Waals surface area contributed by atoms with Gasteiger partial charge in [-0.05, 0) is 48.9 Å². The number of hydrogen-bond donors (Lipinski definition) is 1. The first-order valence-electron chi connectivity index (χ1n) is 7.17. The van der Waals surface area contributed by atoms with Crippen molar-refractivity contribution in [3.05, 3.63) is 34.9 Å². The van der Waals surface area contributed by atoms with Crippen LogP contribution in [0.15, 0.2) is 18.2 Å². The molecule has 0 aromatic heterocycles. The van der Waals surface area contributed by atoms with E-state index in [-0.39, 0.29) is 11.8 Å². The highest BCUT2D eigenvalue weighted by atomic mass is 16.2. The Hall–Kier alpha value is -1.35. The molecule has 3 nitrogen and oxygen atoms in total. The van der Waals surface area contributed by atoms with E-state index in [0.717, 1.165) is 6.42 Å². The van der Waals surface area contributed by atoms with Gasteiger partial charge < -0.3 is 10.6 Å². The van der Waals surface area contributed by atoms with Crippen molar-refractivity contribution in [3.8, 4) is 0 Å². The lowest BCUT2D eigenvalue weighted by atomic mass is 10.0. The van der Waals surface area contributed by atoms with E-state index in [9.17, 15) is 4.79 Å². The van der Waals surface area contributed by atoms with Gasteiger partial charge in [-0.1, -0.05) is 25.1 Å². The van der Waals surface area contributed by atoms with Crippen LogP contribution in [0.25, 0.3) is 0 Å². The Morgan fingerprint density at radius 3 is 2.84 bits per heavy atom. The number of fused-ring (bicyclic) bond motifs is 1. The number of rotatable bonds is 5. The van der Waals surface area contributed by atoms with Gasteiger partial charge in [0.1, 0.15) is 0 Å². The molecule has 0 fully saturated rings. The van der Waals surface area contributed by atoms with Crippen molar-refractivity contribution in [3.63, 3.8) is 0 Å². The van der Waals surface area contributed by atoms with Crippen molar-refractivity contribution in [2.75, 3.05) is 13.6 Å². The van der Waals surface area contributed by atoms with Crippen molar-refractivity contribution < 1.29 is 4.79 Å². The fraction of sp³-hybridized carbons (Fsp3) is 0.562. The number of amides is 1. The minimum atomic E-state index is 0.0180. The average molecular weight is 260 g/mol. The molecule has 1 unspecified atom stereocenters. The number of benzene rings is 1. The van der Waals surface area contributed by atoms with E-state index in [0.29, 0.717) is 13.1 Å². The van der Waals surface area contributed by atoms with E-state index in [1.165, 1.54) is 36.0 Å². The summed E-state index contributed by atoms with van der Waals surface area (Å²) in [5.41, 5.74) is 9.69. The monoisotopic (exact) mass is 260 g/mol. The lowest BCUT2D eigenvalue weighted by Gasteiger charge is -2.21. The molecule has 2 N–H and O–H groups in total. The van der Waals surface area contributed by atoms with Gasteiger partial charge in [-0.3, -0.25) is 4.79 Å². The first-order chi connectivity index (χ1) is 9.11. The molecule has 0 heterocycles. The Morgan fingerprint density at radius 2 is 2.11 bits per heavy atom. The molecule has 0 spiro atoms. The molecule has 2 rings (SSSR count). The second kappa shape index (κ2) is 6.20. The Labute approximate surface area is 115 Å². The predicted molar refractivity (Wildman–Crippen MR) is 77.8 cm³/mol. The third kappa shape index (κ3) is 3.35. The molecule has 3 heteroatoms. The molecule has 0 saturated carbocycles. The van der Waals surface area contributed by atoms with E-state index < -0.39 is 0 Å². The zero-order valence-corrected chi connectivity index (χ0v) is 12.0. The third-order valence-corrected chi connectivity index (χ3v) is 3.98. The molecule has 0 bridgehead atoms. The summed E-state index contributed by atoms with van der Waals surface area (Å²) in [5.74, 6) is 0.204. The minimum Gasteiger partial charge on any atom is -0.341 e. The van der Waals surface area contributed by atoms with E-state index in [1.807, 2.05) is 18.9 Å². The molecule has 0 aliphatic heterocycles. The normalized spacial score (nSPS) is 15.1. The van der Waals surface area contributed by atoms with Crippen molar-refractivity contribution in [2.45, 2.75) is 39.2 Å². The molecule has 1 atom stereocenters. The summed E-state index contributed by atoms with van der Waals surface area (Å²) in [7, 11) is 1.88. The Bertz CT molecular complexity index is 456. The SMILES string of the molecule is CC(CCN)C(=O)N(C)Cc1ccc2c(c1)CCC2. The fourth-order valence-corrected chi connectivity index (χ4v) is 2.83. The molecular weight excluding hydrogens is 236 g/mol. The Morgan fingerprint density at radius 1 is 1.37 bits per heavy atom. The zero-order chi connectivity index (χ0) is 13.8. The molecule has 1 aromatic carbocycles. The van der Waals surface area contributed by atoms with Crippen LogP contribution < -0.4 is 5.73 Å². The van der Waals surface area contributed by atoms with E-state index in [2.05, 4.69) is 18.2 Å². The molecule has 1 aliphatic carbocycles. The van der Waals surface area contributed by atoms with E-state index >= 15 is 0 Å². The maximum Gasteiger partial charge on any atom is 0.225 e. The number of carbonyl (C=O) groups excluding carboxylic acids is 1. The quantitative estimate of drug-likeness (QED) is 0.881. The van der Waals surface area contributed by atoms with Gasteiger partial charge >= 0.3 is 0 Å². The first-order valence-corrected chi connectivity index (χ1v) is 7.17. The van der Waals surface area contributed by atoms with Crippen molar-refractivity contribution in [2.24, 2.45) is 11.7 Å². The number of aryl methyl sites for hydroxylation is 2. The number of hydrogen-bond acceptors (Lipinski definition) is 2. The maximum atomic E-state index is 12.1. The fourth-order valence-electron chi connectivity index (χ4n) is 2.83. The second-order valence-corrected chi connectivity index (χ2v) is 5.63. The summed E-state index contributed by atoms with van der Waals surface area (Å²) < 4.78 is 0. The predicted octanol–water partition coefficient (Wildman–Crippen LogP) is 2.12. The third-order valence-electron chi connectivity index (χ3n) is 3.98. The summed E-state index contributed by atoms with van der Waals surface area (Å²) in [6.45, 7) is 3.22. The number of nitrogens with zero attached hydrogens (tertiary/aromatic N) is 1. The minimum absolute atomic E-state index is 0.0180. The van der Waals surface area contributed by atoms with Gasteiger partial charge in [0.05, 0.1) is 0 Å². The second-order valence-electron chi connectivity index (χ2n) is 5.63. The van der Waals surface area contributed by atoms with Crippen molar-refractivity contribution in [1.29, 1.82) is 0 Å². The van der Waals surface area contributed by atoms with Crippen LogP contribution in [0.5, 0.6) is 0 Å². The molecule has 1 aliphatic rings. The molecule has 104 valence electrons. The van der Waals surface area contributed by atoms with Crippen molar-refractivity contribution >= 4 is 5.91 Å². The smallest absolute Gasteiger partial charge is 0.225 e. The summed E-state index contributed by atoms with van der Waals surface area (Å²) in [6.07, 6.45) is 4.41. The van der Waals surface area contributed by atoms with Gasteiger partial charge in [-0.2, -0.15) is 0 Å². The lowest BCUT2D eigenvalue weighted by Crippen LogP contribution is -2.32. The van der Waals surface area contributed by atoms with Gasteiger partial charge in [-0.15, -0.1) is 0 Å². The lowest BCUT2D eigenvalue weighted by molar-refractivity contribution is -0.134. The van der Waals surface area contributed by atoms with Gasteiger partial charge in [0.2, 0.25) is 5.91 Å². The highest BCUT2D eigenvalue weighted by Crippen LogP contribution is 2.23. The molecule has 0 radical (unpaired) electrons. The van der Waals surface area contributed by atoms with Crippen LogP contribution in [0.2, 0.25) is 0 Å². The number of carbonyl (C=O) groups is 1. The standard InChI is InChI=1S/C16H24N2O/c1-12(8-9-17)16(19)18(2)11-13-6-7-14-4-3-5-15(14)10-13/h6-7,10,12H,3-5,8-9,11,17H2,1-2H3. The van der Waals surface area contributed by atoms with Crippen LogP contribution in [0.1, 0.15) is 36.5 Å². The van der Waals surface area contributed by atoms with E-state index in [4.69, 9.17) is 5.73 Å². The molecule has 19 heavy (non-hydrogen) atoms. The largest absolute Gasteiger partial charge is 0.341 e. The van der Waals surface area contributed by atoms with Crippen molar-refractivity contribution in [1.82, 2.24) is 4.90 Å². The molecule has 1 aromatic rings. The van der Waals surface area contributed by atoms with Gasteiger partial charge in [0, 0.05) is 19.5 Å². The van der Waals surface area contributed by atoms with Crippen LogP contribution in [0.4, 0.5) is 0 Å². The highest BCUT2D eigenvalue weighted by Gasteiger charge is 2.17. The summed E-state index contributed by atoms with van der Waals surface area (Å²) >= 11 is 0. The molecule has 1 amide bonds. The summed E-state index contributed by atoms with van der Waals surface area (Å²) in [4.78, 5) is 14.0. The highest BCUT2D eigenvalue weighted by molar-refractivity contribution is 5.78. The number of nitrogens with two attached hydrogens (primary N) is 1. The van der Waals surface area contributed by atoms with Crippen LogP contribution in [0, 0.1) is 5.92 Å². The van der Waals surface area contributed by atoms with Crippen LogP contribution in [-0.2, 0) is 24.2 Å². The zero-order valence-electron chi connectivity index (χ0n) is 12.0.